The van der Waals surface area contributed by atoms with Crippen LogP contribution in [-0.4, -0.2) is 50.2 Å². The molecule has 0 bridgehead atoms. The number of likely N-dealkylation sites (N-methyl/N-ethyl adjacent to an activating group) is 1. The summed E-state index contributed by atoms with van der Waals surface area (Å²) in [6, 6.07) is 0. The molecule has 1 N–H and O–H groups in total. The van der Waals surface area contributed by atoms with Crippen LogP contribution >= 0.6 is 0 Å². The summed E-state index contributed by atoms with van der Waals surface area (Å²) in [5.41, 5.74) is 0. The number of nitrogens with zero attached hydrogens (tertiary/aromatic N) is 2. The topological polar surface area (TPSA) is 75.3 Å². The van der Waals surface area contributed by atoms with E-state index in [1.807, 2.05) is 0 Å². The molecular weight excluding hydrogens is 206 g/mol. The third kappa shape index (κ3) is 2.31. The second kappa shape index (κ2) is 4.54. The molecule has 0 aliphatic heterocycles. The van der Waals surface area contributed by atoms with Crippen LogP contribution in [0.15, 0.2) is 17.3 Å². The number of ether oxygens (including phenoxy) is 1. The van der Waals surface area contributed by atoms with Gasteiger partial charge in [0.05, 0.1) is 12.8 Å². The number of sulfonamides is 1. The minimum absolute atomic E-state index is 0.163. The molecular formula is C7H13N3O3S. The Morgan fingerprint density at radius 1 is 1.64 bits per heavy atom. The summed E-state index contributed by atoms with van der Waals surface area (Å²) in [5.74, 6) is 0. The first kappa shape index (κ1) is 11.2. The summed E-state index contributed by atoms with van der Waals surface area (Å²) in [6.45, 7) is 0.692. The quantitative estimate of drug-likeness (QED) is 0.736. The number of nitrogens with one attached hydrogen (secondary N) is 1. The highest BCUT2D eigenvalue weighted by Gasteiger charge is 2.20. The van der Waals surface area contributed by atoms with E-state index >= 15 is 0 Å². The monoisotopic (exact) mass is 219 g/mol. The van der Waals surface area contributed by atoms with Crippen molar-refractivity contribution >= 4 is 10.0 Å². The molecule has 0 saturated heterocycles. The van der Waals surface area contributed by atoms with Crippen LogP contribution in [0.1, 0.15) is 0 Å². The van der Waals surface area contributed by atoms with E-state index in [1.165, 1.54) is 30.9 Å². The second-order valence-electron chi connectivity index (χ2n) is 2.75. The van der Waals surface area contributed by atoms with Gasteiger partial charge in [0.25, 0.3) is 0 Å². The first-order chi connectivity index (χ1) is 6.59. The number of hydrogen-bond acceptors (Lipinski definition) is 4. The van der Waals surface area contributed by atoms with Crippen molar-refractivity contribution in [1.29, 1.82) is 0 Å². The molecule has 0 aliphatic carbocycles. The predicted molar refractivity (Wildman–Crippen MR) is 50.3 cm³/mol. The van der Waals surface area contributed by atoms with E-state index in [2.05, 4.69) is 10.2 Å². The first-order valence-electron chi connectivity index (χ1n) is 4.03. The SMILES string of the molecule is COCCN(C)S(=O)(=O)c1cn[nH]c1. The van der Waals surface area contributed by atoms with Gasteiger partial charge in [-0.3, -0.25) is 5.10 Å². The Morgan fingerprint density at radius 3 is 2.86 bits per heavy atom. The third-order valence-electron chi connectivity index (χ3n) is 1.79. The molecule has 0 fully saturated rings. The Balaban J connectivity index is 2.76. The number of methoxy groups -OCH3 is 1. The molecule has 0 amide bonds. The van der Waals surface area contributed by atoms with Crippen molar-refractivity contribution in [2.45, 2.75) is 4.90 Å². The van der Waals surface area contributed by atoms with Gasteiger partial charge in [-0.25, -0.2) is 8.42 Å². The number of aromatic amines is 1. The molecule has 0 atom stereocenters. The van der Waals surface area contributed by atoms with Gasteiger partial charge < -0.3 is 4.74 Å². The van der Waals surface area contributed by atoms with Gasteiger partial charge in [0.1, 0.15) is 4.90 Å². The Hall–Kier alpha value is -0.920. The third-order valence-corrected chi connectivity index (χ3v) is 3.61. The largest absolute Gasteiger partial charge is 0.383 e. The van der Waals surface area contributed by atoms with Crippen molar-refractivity contribution in [3.63, 3.8) is 0 Å². The van der Waals surface area contributed by atoms with Crippen molar-refractivity contribution in [1.82, 2.24) is 14.5 Å². The molecule has 0 aliphatic rings. The summed E-state index contributed by atoms with van der Waals surface area (Å²) in [6.07, 6.45) is 2.62. The van der Waals surface area contributed by atoms with Gasteiger partial charge in [-0.15, -0.1) is 0 Å². The fraction of sp³-hybridized carbons (Fsp3) is 0.571. The molecule has 0 spiro atoms. The number of rotatable bonds is 5. The number of aromatic nitrogens is 2. The Kier molecular flexibility index (Phi) is 3.62. The molecule has 0 unspecified atom stereocenters. The minimum Gasteiger partial charge on any atom is -0.383 e. The highest BCUT2D eigenvalue weighted by Crippen LogP contribution is 2.10. The first-order valence-corrected chi connectivity index (χ1v) is 5.47. The zero-order chi connectivity index (χ0) is 10.6. The van der Waals surface area contributed by atoms with E-state index < -0.39 is 10.0 Å². The van der Waals surface area contributed by atoms with Crippen LogP contribution in [-0.2, 0) is 14.8 Å². The van der Waals surface area contributed by atoms with E-state index in [4.69, 9.17) is 4.74 Å². The highest BCUT2D eigenvalue weighted by molar-refractivity contribution is 7.89. The van der Waals surface area contributed by atoms with Crippen LogP contribution in [0.5, 0.6) is 0 Å². The maximum atomic E-state index is 11.7. The standard InChI is InChI=1S/C7H13N3O3S/c1-10(3-4-13-2)14(11,12)7-5-8-9-6-7/h5-6H,3-4H2,1-2H3,(H,8,9). The Labute approximate surface area is 82.9 Å². The molecule has 0 aromatic carbocycles. The van der Waals surface area contributed by atoms with E-state index in [0.29, 0.717) is 13.2 Å². The van der Waals surface area contributed by atoms with Crippen molar-refractivity contribution in [3.05, 3.63) is 12.4 Å². The van der Waals surface area contributed by atoms with Gasteiger partial charge in [-0.05, 0) is 0 Å². The van der Waals surface area contributed by atoms with Gasteiger partial charge in [0.2, 0.25) is 10.0 Å². The van der Waals surface area contributed by atoms with Crippen LogP contribution in [0.3, 0.4) is 0 Å². The lowest BCUT2D eigenvalue weighted by molar-refractivity contribution is 0.185. The maximum absolute atomic E-state index is 11.7. The van der Waals surface area contributed by atoms with Crippen molar-refractivity contribution in [2.24, 2.45) is 0 Å². The van der Waals surface area contributed by atoms with Gasteiger partial charge in [-0.1, -0.05) is 0 Å². The minimum atomic E-state index is -3.41. The van der Waals surface area contributed by atoms with E-state index in [1.54, 1.807) is 0 Å². The smallest absolute Gasteiger partial charge is 0.246 e. The summed E-state index contributed by atoms with van der Waals surface area (Å²) in [5, 5.41) is 6.05. The fourth-order valence-electron chi connectivity index (χ4n) is 0.900. The molecule has 0 radical (unpaired) electrons. The van der Waals surface area contributed by atoms with Crippen molar-refractivity contribution < 1.29 is 13.2 Å². The summed E-state index contributed by atoms with van der Waals surface area (Å²) < 4.78 is 29.4. The number of hydrogen-bond donors (Lipinski definition) is 1. The van der Waals surface area contributed by atoms with Gasteiger partial charge >= 0.3 is 0 Å². The normalized spacial score (nSPS) is 12.2. The zero-order valence-corrected chi connectivity index (χ0v) is 8.91. The molecule has 6 nitrogen and oxygen atoms in total. The van der Waals surface area contributed by atoms with Crippen molar-refractivity contribution in [3.8, 4) is 0 Å². The summed E-state index contributed by atoms with van der Waals surface area (Å²) in [7, 11) is -0.381. The fourth-order valence-corrected chi connectivity index (χ4v) is 1.96. The van der Waals surface area contributed by atoms with Crippen LogP contribution in [0.25, 0.3) is 0 Å². The molecule has 1 aromatic rings. The lowest BCUT2D eigenvalue weighted by atomic mass is 10.7. The summed E-state index contributed by atoms with van der Waals surface area (Å²) in [4.78, 5) is 0.163. The molecule has 80 valence electrons. The van der Waals surface area contributed by atoms with Gasteiger partial charge in [-0.2, -0.15) is 9.40 Å². The van der Waals surface area contributed by atoms with Gasteiger partial charge in [0.15, 0.2) is 0 Å². The van der Waals surface area contributed by atoms with E-state index in [9.17, 15) is 8.42 Å². The maximum Gasteiger partial charge on any atom is 0.246 e. The lowest BCUT2D eigenvalue weighted by Gasteiger charge is -2.14. The molecule has 0 saturated carbocycles. The van der Waals surface area contributed by atoms with E-state index in [-0.39, 0.29) is 4.90 Å². The lowest BCUT2D eigenvalue weighted by Crippen LogP contribution is -2.29. The van der Waals surface area contributed by atoms with Crippen LogP contribution in [0.2, 0.25) is 0 Å². The molecule has 1 heterocycles. The van der Waals surface area contributed by atoms with Crippen LogP contribution in [0, 0.1) is 0 Å². The Morgan fingerprint density at radius 2 is 2.36 bits per heavy atom. The zero-order valence-electron chi connectivity index (χ0n) is 8.10. The average molecular weight is 219 g/mol. The highest BCUT2D eigenvalue weighted by atomic mass is 32.2. The van der Waals surface area contributed by atoms with Crippen LogP contribution < -0.4 is 0 Å². The van der Waals surface area contributed by atoms with E-state index in [0.717, 1.165) is 0 Å². The second-order valence-corrected chi connectivity index (χ2v) is 4.80. The predicted octanol–water partition coefficient (Wildman–Crippen LogP) is -0.323. The molecule has 1 rings (SSSR count). The molecule has 1 aromatic heterocycles. The average Bonchev–Trinajstić information content (AvgIpc) is 2.67. The Bertz CT molecular complexity index is 360. The molecule has 14 heavy (non-hydrogen) atoms. The number of H-pyrrole nitrogens is 1. The van der Waals surface area contributed by atoms with Crippen molar-refractivity contribution in [2.75, 3.05) is 27.3 Å². The van der Waals surface area contributed by atoms with Crippen LogP contribution in [0.4, 0.5) is 0 Å². The summed E-state index contributed by atoms with van der Waals surface area (Å²) >= 11 is 0. The van der Waals surface area contributed by atoms with Gasteiger partial charge in [0, 0.05) is 26.9 Å². The molecule has 7 heteroatoms.